The van der Waals surface area contributed by atoms with Crippen LogP contribution in [0, 0.1) is 12.3 Å². The number of pyridine rings is 1. The summed E-state index contributed by atoms with van der Waals surface area (Å²) in [6.07, 6.45) is 2.45. The van der Waals surface area contributed by atoms with Gasteiger partial charge in [-0.05, 0) is 44.0 Å². The molecule has 0 radical (unpaired) electrons. The van der Waals surface area contributed by atoms with Gasteiger partial charge < -0.3 is 10.0 Å². The summed E-state index contributed by atoms with van der Waals surface area (Å²) in [5.41, 5.74) is 2.49. The Morgan fingerprint density at radius 3 is 2.90 bits per heavy atom. The van der Waals surface area contributed by atoms with Crippen molar-refractivity contribution >= 4 is 38.5 Å². The fraction of sp³-hybridized carbons (Fsp3) is 0.375. The number of aliphatic carboxylic acids is 1. The quantitative estimate of drug-likeness (QED) is 0.900. The van der Waals surface area contributed by atoms with Gasteiger partial charge in [0.15, 0.2) is 0 Å². The normalized spacial score (nSPS) is 22.0. The van der Waals surface area contributed by atoms with Gasteiger partial charge in [-0.3, -0.25) is 9.78 Å². The van der Waals surface area contributed by atoms with Gasteiger partial charge in [-0.1, -0.05) is 15.9 Å². The molecule has 1 fully saturated rings. The Balaban J connectivity index is 2.02. The summed E-state index contributed by atoms with van der Waals surface area (Å²) < 4.78 is 1.03. The van der Waals surface area contributed by atoms with E-state index < -0.39 is 11.4 Å². The van der Waals surface area contributed by atoms with E-state index in [1.807, 2.05) is 13.0 Å². The second-order valence-corrected chi connectivity index (χ2v) is 6.84. The van der Waals surface area contributed by atoms with Gasteiger partial charge in [0, 0.05) is 34.8 Å². The van der Waals surface area contributed by atoms with Crippen LogP contribution in [-0.4, -0.2) is 29.1 Å². The first-order chi connectivity index (χ1) is 9.90. The highest BCUT2D eigenvalue weighted by molar-refractivity contribution is 9.10. The number of hydrogen-bond donors (Lipinski definition) is 1. The maximum absolute atomic E-state index is 11.4. The Bertz CT molecular complexity index is 732. The number of anilines is 1. The van der Waals surface area contributed by atoms with E-state index in [1.165, 1.54) is 0 Å². The number of hydrogen-bond acceptors (Lipinski definition) is 3. The maximum Gasteiger partial charge on any atom is 0.311 e. The minimum Gasteiger partial charge on any atom is -0.481 e. The summed E-state index contributed by atoms with van der Waals surface area (Å²) in [5, 5.41) is 10.5. The first kappa shape index (κ1) is 14.3. The van der Waals surface area contributed by atoms with E-state index in [1.54, 1.807) is 6.20 Å². The molecule has 1 aromatic heterocycles. The van der Waals surface area contributed by atoms with Gasteiger partial charge in [-0.2, -0.15) is 0 Å². The number of carboxylic acid groups (broad SMARTS) is 1. The first-order valence-electron chi connectivity index (χ1n) is 6.94. The van der Waals surface area contributed by atoms with Crippen molar-refractivity contribution in [2.24, 2.45) is 5.41 Å². The van der Waals surface area contributed by atoms with E-state index in [9.17, 15) is 9.90 Å². The second-order valence-electron chi connectivity index (χ2n) is 5.99. The molecule has 1 atom stereocenters. The van der Waals surface area contributed by atoms with Crippen molar-refractivity contribution in [1.82, 2.24) is 4.98 Å². The summed E-state index contributed by atoms with van der Waals surface area (Å²) in [5.74, 6) is -0.718. The van der Waals surface area contributed by atoms with Crippen molar-refractivity contribution in [1.29, 1.82) is 0 Å². The zero-order valence-corrected chi connectivity index (χ0v) is 13.6. The summed E-state index contributed by atoms with van der Waals surface area (Å²) in [6, 6.07) is 6.10. The van der Waals surface area contributed by atoms with Gasteiger partial charge in [0.1, 0.15) is 0 Å². The number of aromatic nitrogens is 1. The lowest BCUT2D eigenvalue weighted by Crippen LogP contribution is -2.31. The van der Waals surface area contributed by atoms with Gasteiger partial charge in [-0.25, -0.2) is 0 Å². The Labute approximate surface area is 131 Å². The van der Waals surface area contributed by atoms with Crippen molar-refractivity contribution in [3.05, 3.63) is 34.4 Å². The number of nitrogens with zero attached hydrogens (tertiary/aromatic N) is 2. The fourth-order valence-electron chi connectivity index (χ4n) is 2.94. The van der Waals surface area contributed by atoms with E-state index in [0.717, 1.165) is 33.2 Å². The predicted molar refractivity (Wildman–Crippen MR) is 86.8 cm³/mol. The van der Waals surface area contributed by atoms with Gasteiger partial charge >= 0.3 is 5.97 Å². The van der Waals surface area contributed by atoms with Crippen LogP contribution >= 0.6 is 15.9 Å². The van der Waals surface area contributed by atoms with Gasteiger partial charge in [-0.15, -0.1) is 0 Å². The lowest BCUT2D eigenvalue weighted by Gasteiger charge is -2.23. The topological polar surface area (TPSA) is 53.4 Å². The first-order valence-corrected chi connectivity index (χ1v) is 7.73. The Hall–Kier alpha value is -1.62. The lowest BCUT2D eigenvalue weighted by atomic mass is 9.90. The number of halogens is 1. The van der Waals surface area contributed by atoms with Crippen LogP contribution in [-0.2, 0) is 4.79 Å². The zero-order valence-electron chi connectivity index (χ0n) is 12.1. The van der Waals surface area contributed by atoms with E-state index >= 15 is 0 Å². The minimum absolute atomic E-state index is 0.544. The molecular formula is C16H17BrN2O2. The van der Waals surface area contributed by atoms with Crippen LogP contribution in [0.25, 0.3) is 10.9 Å². The monoisotopic (exact) mass is 348 g/mol. The average molecular weight is 349 g/mol. The third kappa shape index (κ3) is 2.39. The van der Waals surface area contributed by atoms with E-state index in [0.29, 0.717) is 13.0 Å². The molecule has 4 nitrogen and oxygen atoms in total. The van der Waals surface area contributed by atoms with Crippen molar-refractivity contribution < 1.29 is 9.90 Å². The molecular weight excluding hydrogens is 332 g/mol. The summed E-state index contributed by atoms with van der Waals surface area (Å²) >= 11 is 3.54. The van der Waals surface area contributed by atoms with E-state index in [2.05, 4.69) is 44.9 Å². The molecule has 1 aliphatic heterocycles. The minimum atomic E-state index is -0.718. The van der Waals surface area contributed by atoms with E-state index in [4.69, 9.17) is 0 Å². The highest BCUT2D eigenvalue weighted by atomic mass is 79.9. The molecule has 110 valence electrons. The Morgan fingerprint density at radius 2 is 2.24 bits per heavy atom. The van der Waals surface area contributed by atoms with Crippen molar-refractivity contribution in [3.8, 4) is 0 Å². The standard InChI is InChI=1S/C16H17BrN2O2/c1-10-7-11-12(17)3-5-18-13(11)8-14(10)19-6-4-16(2,9-19)15(20)21/h3,5,7-8H,4,6,9H2,1-2H3,(H,20,21). The average Bonchev–Trinajstić information content (AvgIpc) is 2.83. The molecule has 1 N–H and O–H groups in total. The molecule has 1 unspecified atom stereocenters. The molecule has 1 aliphatic rings. The lowest BCUT2D eigenvalue weighted by molar-refractivity contribution is -0.146. The maximum atomic E-state index is 11.4. The summed E-state index contributed by atoms with van der Waals surface area (Å²) in [6.45, 7) is 5.19. The molecule has 0 spiro atoms. The van der Waals surface area contributed by atoms with Gasteiger partial charge in [0.25, 0.3) is 0 Å². The molecule has 0 bridgehead atoms. The summed E-state index contributed by atoms with van der Waals surface area (Å²) in [4.78, 5) is 18.0. The number of fused-ring (bicyclic) bond motifs is 1. The third-order valence-electron chi connectivity index (χ3n) is 4.34. The van der Waals surface area contributed by atoms with Crippen molar-refractivity contribution in [2.45, 2.75) is 20.3 Å². The predicted octanol–water partition coefficient (Wildman–Crippen LogP) is 3.61. The largest absolute Gasteiger partial charge is 0.481 e. The summed E-state index contributed by atoms with van der Waals surface area (Å²) in [7, 11) is 0. The number of aryl methyl sites for hydroxylation is 1. The van der Waals surface area contributed by atoms with Gasteiger partial charge in [0.05, 0.1) is 10.9 Å². The molecule has 0 saturated carbocycles. The van der Waals surface area contributed by atoms with Gasteiger partial charge in [0.2, 0.25) is 0 Å². The molecule has 0 amide bonds. The molecule has 0 aliphatic carbocycles. The second kappa shape index (κ2) is 4.98. The SMILES string of the molecule is Cc1cc2c(Br)ccnc2cc1N1CCC(C)(C(=O)O)C1. The highest BCUT2D eigenvalue weighted by Crippen LogP contribution is 2.36. The smallest absolute Gasteiger partial charge is 0.311 e. The van der Waals surface area contributed by atoms with Crippen LogP contribution in [0.5, 0.6) is 0 Å². The van der Waals surface area contributed by atoms with Crippen LogP contribution in [0.2, 0.25) is 0 Å². The molecule has 1 saturated heterocycles. The number of rotatable bonds is 2. The fourth-order valence-corrected chi connectivity index (χ4v) is 3.37. The Morgan fingerprint density at radius 1 is 1.48 bits per heavy atom. The van der Waals surface area contributed by atoms with Crippen molar-refractivity contribution in [3.63, 3.8) is 0 Å². The molecule has 5 heteroatoms. The molecule has 1 aromatic carbocycles. The molecule has 2 aromatic rings. The van der Waals surface area contributed by atoms with Crippen LogP contribution in [0.1, 0.15) is 18.9 Å². The molecule has 21 heavy (non-hydrogen) atoms. The van der Waals surface area contributed by atoms with Crippen LogP contribution in [0.3, 0.4) is 0 Å². The Kier molecular flexibility index (Phi) is 3.40. The van der Waals surface area contributed by atoms with Crippen LogP contribution in [0.4, 0.5) is 5.69 Å². The third-order valence-corrected chi connectivity index (χ3v) is 5.03. The number of carbonyl (C=O) groups is 1. The number of benzene rings is 1. The van der Waals surface area contributed by atoms with Crippen molar-refractivity contribution in [2.75, 3.05) is 18.0 Å². The zero-order chi connectivity index (χ0) is 15.2. The van der Waals surface area contributed by atoms with Crippen LogP contribution in [0.15, 0.2) is 28.9 Å². The van der Waals surface area contributed by atoms with Crippen LogP contribution < -0.4 is 4.90 Å². The molecule has 2 heterocycles. The van der Waals surface area contributed by atoms with E-state index in [-0.39, 0.29) is 0 Å². The molecule has 3 rings (SSSR count). The highest BCUT2D eigenvalue weighted by Gasteiger charge is 2.40. The number of carboxylic acids is 1.